The van der Waals surface area contributed by atoms with Crippen molar-refractivity contribution in [2.45, 2.75) is 52.7 Å². The molecule has 0 radical (unpaired) electrons. The lowest BCUT2D eigenvalue weighted by Gasteiger charge is -2.33. The summed E-state index contributed by atoms with van der Waals surface area (Å²) in [5.41, 5.74) is 0.335. The minimum Gasteiger partial charge on any atom is -0.494 e. The van der Waals surface area contributed by atoms with E-state index in [-0.39, 0.29) is 12.5 Å². The van der Waals surface area contributed by atoms with Gasteiger partial charge < -0.3 is 15.0 Å². The third-order valence-electron chi connectivity index (χ3n) is 5.14. The van der Waals surface area contributed by atoms with Gasteiger partial charge in [-0.2, -0.15) is 0 Å². The fourth-order valence-electron chi connectivity index (χ4n) is 3.38. The van der Waals surface area contributed by atoms with E-state index in [0.29, 0.717) is 33.7 Å². The molecule has 36 heavy (non-hydrogen) atoms. The summed E-state index contributed by atoms with van der Waals surface area (Å²) in [6, 6.07) is 10.3. The smallest absolute Gasteiger partial charge is 0.244 e. The topological polar surface area (TPSA) is 96.0 Å². The van der Waals surface area contributed by atoms with E-state index in [2.05, 4.69) is 5.32 Å². The fourth-order valence-corrected chi connectivity index (χ4v) is 4.70. The number of hydrogen-bond donors (Lipinski definition) is 1. The number of nitrogens with zero attached hydrogens (tertiary/aromatic N) is 2. The lowest BCUT2D eigenvalue weighted by molar-refractivity contribution is -0.140. The largest absolute Gasteiger partial charge is 0.494 e. The number of benzene rings is 2. The van der Waals surface area contributed by atoms with Crippen LogP contribution in [0.25, 0.3) is 0 Å². The molecule has 0 aliphatic heterocycles. The average molecular weight is 559 g/mol. The van der Waals surface area contributed by atoms with E-state index in [0.717, 1.165) is 10.6 Å². The average Bonchev–Trinajstić information content (AvgIpc) is 2.75. The second-order valence-corrected chi connectivity index (χ2v) is 12.1. The quantitative estimate of drug-likeness (QED) is 0.464. The van der Waals surface area contributed by atoms with Crippen LogP contribution in [0.2, 0.25) is 10.0 Å². The molecule has 2 rings (SSSR count). The van der Waals surface area contributed by atoms with Gasteiger partial charge in [-0.05, 0) is 76.6 Å². The Labute approximate surface area is 223 Å². The molecule has 0 aromatic heterocycles. The number of hydrogen-bond acceptors (Lipinski definition) is 5. The molecule has 0 unspecified atom stereocenters. The van der Waals surface area contributed by atoms with E-state index < -0.39 is 34.1 Å². The number of carbonyl (C=O) groups is 2. The predicted octanol–water partition coefficient (Wildman–Crippen LogP) is 4.49. The number of sulfonamides is 1. The zero-order chi connectivity index (χ0) is 27.3. The Morgan fingerprint density at radius 2 is 1.69 bits per heavy atom. The second kappa shape index (κ2) is 12.2. The van der Waals surface area contributed by atoms with Crippen molar-refractivity contribution in [2.75, 3.05) is 23.7 Å². The van der Waals surface area contributed by atoms with E-state index >= 15 is 0 Å². The third-order valence-corrected chi connectivity index (χ3v) is 6.86. The maximum atomic E-state index is 13.6. The molecule has 0 saturated heterocycles. The van der Waals surface area contributed by atoms with Gasteiger partial charge in [0.1, 0.15) is 18.3 Å². The van der Waals surface area contributed by atoms with Crippen molar-refractivity contribution in [2.24, 2.45) is 0 Å². The predicted molar refractivity (Wildman–Crippen MR) is 144 cm³/mol. The number of anilines is 1. The highest BCUT2D eigenvalue weighted by Crippen LogP contribution is 2.25. The van der Waals surface area contributed by atoms with Crippen molar-refractivity contribution in [3.63, 3.8) is 0 Å². The number of carbonyl (C=O) groups excluding carboxylic acids is 2. The number of nitrogens with one attached hydrogen (secondary N) is 1. The summed E-state index contributed by atoms with van der Waals surface area (Å²) >= 11 is 12.4. The van der Waals surface area contributed by atoms with Gasteiger partial charge in [-0.1, -0.05) is 29.3 Å². The molecule has 2 aromatic rings. The highest BCUT2D eigenvalue weighted by atomic mass is 35.5. The van der Waals surface area contributed by atoms with Gasteiger partial charge in [0.05, 0.1) is 18.6 Å². The van der Waals surface area contributed by atoms with E-state index in [9.17, 15) is 18.0 Å². The number of ether oxygens (including phenoxy) is 1. The van der Waals surface area contributed by atoms with Gasteiger partial charge in [0.25, 0.3) is 0 Å². The minimum atomic E-state index is -3.83. The van der Waals surface area contributed by atoms with Crippen LogP contribution < -0.4 is 14.4 Å². The van der Waals surface area contributed by atoms with Crippen molar-refractivity contribution < 1.29 is 22.7 Å². The fraction of sp³-hybridized carbons (Fsp3) is 0.440. The maximum absolute atomic E-state index is 13.6. The molecule has 8 nitrogen and oxygen atoms in total. The molecule has 1 atom stereocenters. The summed E-state index contributed by atoms with van der Waals surface area (Å²) < 4.78 is 31.7. The summed E-state index contributed by atoms with van der Waals surface area (Å²) in [5, 5.41) is 3.62. The number of rotatable bonds is 10. The maximum Gasteiger partial charge on any atom is 0.244 e. The molecule has 0 spiro atoms. The van der Waals surface area contributed by atoms with E-state index in [1.165, 1.54) is 4.90 Å². The standard InChI is InChI=1S/C25H33Cl2N3O5S/c1-7-35-21-12-10-20(11-13-21)30(36(6,33)34)16-23(31)29(17(2)24(32)28-25(3,4)5)15-18-8-9-19(26)14-22(18)27/h8-14,17H,7,15-16H2,1-6H3,(H,28,32)/t17-/m1/s1. The lowest BCUT2D eigenvalue weighted by atomic mass is 10.1. The summed E-state index contributed by atoms with van der Waals surface area (Å²) in [7, 11) is -3.83. The second-order valence-electron chi connectivity index (χ2n) is 9.37. The van der Waals surface area contributed by atoms with Crippen molar-refractivity contribution in [1.82, 2.24) is 10.2 Å². The molecular weight excluding hydrogens is 525 g/mol. The van der Waals surface area contributed by atoms with Crippen LogP contribution in [-0.2, 0) is 26.2 Å². The van der Waals surface area contributed by atoms with E-state index in [1.807, 2.05) is 27.7 Å². The molecule has 1 N–H and O–H groups in total. The Morgan fingerprint density at radius 3 is 2.19 bits per heavy atom. The Kier molecular flexibility index (Phi) is 10.0. The molecule has 0 heterocycles. The molecule has 11 heteroatoms. The first-order chi connectivity index (χ1) is 16.6. The molecule has 0 aliphatic carbocycles. The normalized spacial score (nSPS) is 12.6. The molecule has 0 saturated carbocycles. The molecule has 0 fully saturated rings. The SMILES string of the molecule is CCOc1ccc(N(CC(=O)N(Cc2ccc(Cl)cc2Cl)[C@H](C)C(=O)NC(C)(C)C)S(C)(=O)=O)cc1. The Morgan fingerprint density at radius 1 is 1.08 bits per heavy atom. The highest BCUT2D eigenvalue weighted by molar-refractivity contribution is 7.92. The van der Waals surface area contributed by atoms with Crippen LogP contribution in [0.4, 0.5) is 5.69 Å². The molecule has 198 valence electrons. The van der Waals surface area contributed by atoms with Crippen LogP contribution >= 0.6 is 23.2 Å². The van der Waals surface area contributed by atoms with Crippen LogP contribution in [0.5, 0.6) is 5.75 Å². The Hall–Kier alpha value is -2.49. The van der Waals surface area contributed by atoms with Gasteiger partial charge >= 0.3 is 0 Å². The monoisotopic (exact) mass is 557 g/mol. The van der Waals surface area contributed by atoms with Crippen LogP contribution in [0.15, 0.2) is 42.5 Å². The Bertz CT molecular complexity index is 1180. The Balaban J connectivity index is 2.42. The first-order valence-electron chi connectivity index (χ1n) is 11.4. The van der Waals surface area contributed by atoms with Gasteiger partial charge in [0.2, 0.25) is 21.8 Å². The van der Waals surface area contributed by atoms with Gasteiger partial charge in [-0.25, -0.2) is 8.42 Å². The lowest BCUT2D eigenvalue weighted by Crippen LogP contribution is -2.54. The van der Waals surface area contributed by atoms with E-state index in [4.69, 9.17) is 27.9 Å². The molecule has 2 aromatic carbocycles. The summed E-state index contributed by atoms with van der Waals surface area (Å²) in [5.74, 6) is -0.377. The van der Waals surface area contributed by atoms with Crippen LogP contribution in [0, 0.1) is 0 Å². The number of amides is 2. The zero-order valence-corrected chi connectivity index (χ0v) is 23.7. The summed E-state index contributed by atoms with van der Waals surface area (Å²) in [6.07, 6.45) is 1.02. The third kappa shape index (κ3) is 8.57. The van der Waals surface area contributed by atoms with Crippen LogP contribution in [0.1, 0.15) is 40.2 Å². The van der Waals surface area contributed by atoms with Gasteiger partial charge in [0.15, 0.2) is 0 Å². The van der Waals surface area contributed by atoms with Crippen molar-refractivity contribution in [1.29, 1.82) is 0 Å². The highest BCUT2D eigenvalue weighted by Gasteiger charge is 2.31. The van der Waals surface area contributed by atoms with Crippen molar-refractivity contribution in [3.05, 3.63) is 58.1 Å². The van der Waals surface area contributed by atoms with Crippen molar-refractivity contribution in [3.8, 4) is 5.75 Å². The van der Waals surface area contributed by atoms with Gasteiger partial charge in [-0.3, -0.25) is 13.9 Å². The van der Waals surface area contributed by atoms with Crippen molar-refractivity contribution >= 4 is 50.7 Å². The van der Waals surface area contributed by atoms with Gasteiger partial charge in [-0.15, -0.1) is 0 Å². The van der Waals surface area contributed by atoms with Crippen LogP contribution in [-0.4, -0.2) is 56.1 Å². The zero-order valence-electron chi connectivity index (χ0n) is 21.3. The first-order valence-corrected chi connectivity index (χ1v) is 14.0. The first kappa shape index (κ1) is 29.7. The summed E-state index contributed by atoms with van der Waals surface area (Å²) in [4.78, 5) is 27.9. The minimum absolute atomic E-state index is 0.0194. The molecular formula is C25H33Cl2N3O5S. The van der Waals surface area contributed by atoms with Gasteiger partial charge in [0, 0.05) is 22.1 Å². The molecule has 2 amide bonds. The number of halogens is 2. The van der Waals surface area contributed by atoms with Crippen LogP contribution in [0.3, 0.4) is 0 Å². The molecule has 0 bridgehead atoms. The van der Waals surface area contributed by atoms with E-state index in [1.54, 1.807) is 49.4 Å². The summed E-state index contributed by atoms with van der Waals surface area (Å²) in [6.45, 7) is 8.85. The molecule has 0 aliphatic rings.